The lowest BCUT2D eigenvalue weighted by molar-refractivity contribution is 0.319. The maximum absolute atomic E-state index is 4.04. The molecule has 4 rings (SSSR count). The third kappa shape index (κ3) is 3.88. The van der Waals surface area contributed by atoms with Crippen LogP contribution in [0.25, 0.3) is 0 Å². The normalized spacial score (nSPS) is 34.3. The molecule has 0 fully saturated rings. The topological polar surface area (TPSA) is 12.0 Å². The molecule has 0 amide bonds. The predicted octanol–water partition coefficient (Wildman–Crippen LogP) is 6.19. The Morgan fingerprint density at radius 2 is 1.92 bits per heavy atom. The third-order valence-corrected chi connectivity index (χ3v) is 6.59. The third-order valence-electron chi connectivity index (χ3n) is 6.59. The molecule has 1 nitrogen and oxygen atoms in total. The van der Waals surface area contributed by atoms with Crippen molar-refractivity contribution in [1.29, 1.82) is 0 Å². The van der Waals surface area contributed by atoms with Gasteiger partial charge in [-0.15, -0.1) is 0 Å². The van der Waals surface area contributed by atoms with Gasteiger partial charge in [-0.25, -0.2) is 0 Å². The molecule has 0 saturated carbocycles. The van der Waals surface area contributed by atoms with Crippen molar-refractivity contribution >= 4 is 0 Å². The van der Waals surface area contributed by atoms with Crippen LogP contribution >= 0.6 is 0 Å². The van der Waals surface area contributed by atoms with Crippen molar-refractivity contribution in [1.82, 2.24) is 5.32 Å². The average molecular weight is 348 g/mol. The molecule has 4 unspecified atom stereocenters. The molecule has 0 aromatic rings. The van der Waals surface area contributed by atoms with Gasteiger partial charge in [-0.3, -0.25) is 0 Å². The molecule has 1 N–H and O–H groups in total. The fraction of sp³-hybridized carbons (Fsp3) is 0.520. The molecule has 1 heterocycles. The molecular weight excluding hydrogens is 314 g/mol. The molecule has 4 atom stereocenters. The molecule has 4 aliphatic rings. The van der Waals surface area contributed by atoms with Gasteiger partial charge in [-0.05, 0) is 74.3 Å². The van der Waals surface area contributed by atoms with E-state index in [1.54, 1.807) is 11.1 Å². The highest BCUT2D eigenvalue weighted by molar-refractivity contribution is 5.43. The van der Waals surface area contributed by atoms with Crippen molar-refractivity contribution in [2.75, 3.05) is 0 Å². The first-order valence-corrected chi connectivity index (χ1v) is 10.7. The minimum atomic E-state index is 0.507. The van der Waals surface area contributed by atoms with Crippen LogP contribution in [0.1, 0.15) is 58.3 Å². The Hall–Kier alpha value is -1.60. The summed E-state index contributed by atoms with van der Waals surface area (Å²) in [5.41, 5.74) is 4.70. The molecule has 3 aliphatic carbocycles. The molecule has 0 radical (unpaired) electrons. The van der Waals surface area contributed by atoms with Crippen molar-refractivity contribution in [2.45, 2.75) is 70.4 Å². The largest absolute Gasteiger partial charge is 0.306 e. The first-order valence-electron chi connectivity index (χ1n) is 10.7. The smallest absolute Gasteiger partial charge is 0.0348 e. The van der Waals surface area contributed by atoms with Gasteiger partial charge < -0.3 is 5.32 Å². The van der Waals surface area contributed by atoms with E-state index in [0.29, 0.717) is 23.9 Å². The Balaban J connectivity index is 1.45. The molecule has 138 valence electrons. The van der Waals surface area contributed by atoms with Gasteiger partial charge in [-0.1, -0.05) is 67.2 Å². The molecule has 0 aromatic heterocycles. The predicted molar refractivity (Wildman–Crippen MR) is 112 cm³/mol. The van der Waals surface area contributed by atoms with Crippen LogP contribution in [-0.4, -0.2) is 12.1 Å². The lowest BCUT2D eigenvalue weighted by Crippen LogP contribution is -2.49. The Kier molecular flexibility index (Phi) is 5.75. The van der Waals surface area contributed by atoms with Gasteiger partial charge in [0.2, 0.25) is 0 Å². The monoisotopic (exact) mass is 347 g/mol. The van der Waals surface area contributed by atoms with Crippen molar-refractivity contribution in [2.24, 2.45) is 11.8 Å². The Labute approximate surface area is 159 Å². The SMILES string of the molecule is CCC1=CCC(C2C=CC=CC2)NC1C1C=CC(C2=CCCCC2)=CC1. The van der Waals surface area contributed by atoms with Gasteiger partial charge in [0.25, 0.3) is 0 Å². The summed E-state index contributed by atoms with van der Waals surface area (Å²) < 4.78 is 0. The standard InChI is InChI=1S/C25H33N/c1-2-19-17-18-24(22-11-7-4-8-12-22)26-25(19)23-15-13-21(14-16-23)20-9-5-3-6-10-20/h4,7-9,11,13-15,17,22-26H,2-3,5-6,10,12,16,18H2,1H3. The van der Waals surface area contributed by atoms with Gasteiger partial charge in [0.1, 0.15) is 0 Å². The molecular formula is C25H33N. The van der Waals surface area contributed by atoms with Crippen LogP contribution in [0.2, 0.25) is 0 Å². The molecule has 0 spiro atoms. The molecule has 1 heteroatoms. The lowest BCUT2D eigenvalue weighted by Gasteiger charge is -2.39. The number of allylic oxidation sites excluding steroid dienone is 8. The second kappa shape index (κ2) is 8.39. The summed E-state index contributed by atoms with van der Waals surface area (Å²) >= 11 is 0. The summed E-state index contributed by atoms with van der Waals surface area (Å²) in [6.07, 6.45) is 31.5. The van der Waals surface area contributed by atoms with Crippen LogP contribution < -0.4 is 5.32 Å². The quantitative estimate of drug-likeness (QED) is 0.598. The maximum Gasteiger partial charge on any atom is 0.0348 e. The summed E-state index contributed by atoms with van der Waals surface area (Å²) in [5.74, 6) is 1.24. The van der Waals surface area contributed by atoms with E-state index in [1.165, 1.54) is 50.5 Å². The zero-order valence-electron chi connectivity index (χ0n) is 16.2. The molecule has 0 saturated heterocycles. The van der Waals surface area contributed by atoms with Crippen molar-refractivity contribution in [3.63, 3.8) is 0 Å². The summed E-state index contributed by atoms with van der Waals surface area (Å²) in [7, 11) is 0. The minimum absolute atomic E-state index is 0.507. The highest BCUT2D eigenvalue weighted by atomic mass is 15.0. The molecule has 0 aromatic carbocycles. The van der Waals surface area contributed by atoms with E-state index < -0.39 is 0 Å². The summed E-state index contributed by atoms with van der Waals surface area (Å²) in [5, 5.41) is 4.04. The Bertz CT molecular complexity index is 685. The average Bonchev–Trinajstić information content (AvgIpc) is 2.75. The molecule has 26 heavy (non-hydrogen) atoms. The fourth-order valence-electron chi connectivity index (χ4n) is 4.99. The van der Waals surface area contributed by atoms with Crippen molar-refractivity contribution in [3.05, 3.63) is 71.4 Å². The number of rotatable bonds is 4. The van der Waals surface area contributed by atoms with Gasteiger partial charge in [-0.2, -0.15) is 0 Å². The van der Waals surface area contributed by atoms with Crippen LogP contribution in [0.4, 0.5) is 0 Å². The van der Waals surface area contributed by atoms with E-state index in [2.05, 4.69) is 66.9 Å². The fourth-order valence-corrected chi connectivity index (χ4v) is 4.99. The Morgan fingerprint density at radius 1 is 0.962 bits per heavy atom. The second-order valence-electron chi connectivity index (χ2n) is 8.23. The summed E-state index contributed by atoms with van der Waals surface area (Å²) in [6.45, 7) is 2.31. The van der Waals surface area contributed by atoms with E-state index in [1.807, 2.05) is 0 Å². The number of nitrogens with one attached hydrogen (secondary N) is 1. The van der Waals surface area contributed by atoms with Crippen LogP contribution in [-0.2, 0) is 0 Å². The van der Waals surface area contributed by atoms with E-state index in [-0.39, 0.29) is 0 Å². The highest BCUT2D eigenvalue weighted by Crippen LogP contribution is 2.34. The van der Waals surface area contributed by atoms with Crippen molar-refractivity contribution < 1.29 is 0 Å². The van der Waals surface area contributed by atoms with Gasteiger partial charge in [0.15, 0.2) is 0 Å². The van der Waals surface area contributed by atoms with Crippen LogP contribution in [0, 0.1) is 11.8 Å². The second-order valence-corrected chi connectivity index (χ2v) is 8.23. The van der Waals surface area contributed by atoms with Gasteiger partial charge in [0, 0.05) is 12.1 Å². The van der Waals surface area contributed by atoms with E-state index in [4.69, 9.17) is 0 Å². The Morgan fingerprint density at radius 3 is 2.62 bits per heavy atom. The number of hydrogen-bond acceptors (Lipinski definition) is 1. The van der Waals surface area contributed by atoms with Gasteiger partial charge in [0.05, 0.1) is 0 Å². The molecule has 0 bridgehead atoms. The maximum atomic E-state index is 4.04. The van der Waals surface area contributed by atoms with E-state index in [9.17, 15) is 0 Å². The van der Waals surface area contributed by atoms with E-state index >= 15 is 0 Å². The highest BCUT2D eigenvalue weighted by Gasteiger charge is 2.31. The van der Waals surface area contributed by atoms with Crippen LogP contribution in [0.5, 0.6) is 0 Å². The first kappa shape index (κ1) is 17.8. The minimum Gasteiger partial charge on any atom is -0.306 e. The van der Waals surface area contributed by atoms with E-state index in [0.717, 1.165) is 6.42 Å². The zero-order chi connectivity index (χ0) is 17.8. The number of hydrogen-bond donors (Lipinski definition) is 1. The lowest BCUT2D eigenvalue weighted by atomic mass is 9.78. The van der Waals surface area contributed by atoms with Crippen molar-refractivity contribution in [3.8, 4) is 0 Å². The van der Waals surface area contributed by atoms with Crippen LogP contribution in [0.15, 0.2) is 71.4 Å². The molecule has 1 aliphatic heterocycles. The van der Waals surface area contributed by atoms with Gasteiger partial charge >= 0.3 is 0 Å². The van der Waals surface area contributed by atoms with Crippen LogP contribution in [0.3, 0.4) is 0 Å². The zero-order valence-corrected chi connectivity index (χ0v) is 16.2. The first-order chi connectivity index (χ1) is 12.8. The summed E-state index contributed by atoms with van der Waals surface area (Å²) in [6, 6.07) is 1.09. The summed E-state index contributed by atoms with van der Waals surface area (Å²) in [4.78, 5) is 0.